The molecular formula is C29H29ClN4O5S. The third-order valence-corrected chi connectivity index (χ3v) is 10.0. The number of nitro benzene ring substituents is 2. The van der Waals surface area contributed by atoms with Crippen LogP contribution < -0.4 is 5.32 Å². The van der Waals surface area contributed by atoms with E-state index in [4.69, 9.17) is 11.6 Å². The summed E-state index contributed by atoms with van der Waals surface area (Å²) in [5.41, 5.74) is 3.37. The Hall–Kier alpha value is -3.63. The van der Waals surface area contributed by atoms with Crippen LogP contribution in [0.1, 0.15) is 53.7 Å². The van der Waals surface area contributed by atoms with Crippen molar-refractivity contribution in [3.63, 3.8) is 0 Å². The molecule has 0 unspecified atom stereocenters. The van der Waals surface area contributed by atoms with Crippen molar-refractivity contribution in [3.05, 3.63) is 104 Å². The number of hydrogen-bond donors (Lipinski definition) is 1. The molecule has 1 fully saturated rings. The van der Waals surface area contributed by atoms with Gasteiger partial charge in [0.15, 0.2) is 0 Å². The van der Waals surface area contributed by atoms with Crippen molar-refractivity contribution in [2.75, 3.05) is 18.4 Å². The SMILES string of the molecule is CCN(CC)C(=O)c1ccc2c(c1)[C@H]1[C@@H](Cl)[C@@H](Sc3ccccc3[N+](=O)[O-])C[C@H]1[C@H](c1ccc([N+](=O)[O-])cc1)N2. The average Bonchev–Trinajstić information content (AvgIpc) is 3.29. The second-order valence-corrected chi connectivity index (χ2v) is 11.8. The van der Waals surface area contributed by atoms with Crippen molar-refractivity contribution in [2.45, 2.75) is 47.8 Å². The van der Waals surface area contributed by atoms with E-state index in [9.17, 15) is 25.0 Å². The van der Waals surface area contributed by atoms with Gasteiger partial charge in [0.05, 0.1) is 26.2 Å². The molecule has 40 heavy (non-hydrogen) atoms. The maximum atomic E-state index is 13.2. The number of nitrogens with one attached hydrogen (secondary N) is 1. The number of fused-ring (bicyclic) bond motifs is 3. The molecule has 1 aliphatic carbocycles. The smallest absolute Gasteiger partial charge is 0.282 e. The fraction of sp³-hybridized carbons (Fsp3) is 0.345. The highest BCUT2D eigenvalue weighted by atomic mass is 35.5. The normalized spacial score (nSPS) is 23.0. The summed E-state index contributed by atoms with van der Waals surface area (Å²) in [6.07, 6.45) is 0.665. The number of nitro groups is 2. The molecule has 11 heteroatoms. The lowest BCUT2D eigenvalue weighted by Crippen LogP contribution is -2.33. The Labute approximate surface area is 241 Å². The fourth-order valence-corrected chi connectivity index (χ4v) is 7.89. The Morgan fingerprint density at radius 2 is 1.73 bits per heavy atom. The Bertz CT molecular complexity index is 1450. The molecule has 1 N–H and O–H groups in total. The first-order valence-electron chi connectivity index (χ1n) is 13.2. The number of rotatable bonds is 8. The van der Waals surface area contributed by atoms with Crippen LogP contribution in [0.15, 0.2) is 71.6 Å². The summed E-state index contributed by atoms with van der Waals surface area (Å²) in [6.45, 7) is 5.10. The van der Waals surface area contributed by atoms with Crippen LogP contribution in [0, 0.1) is 26.1 Å². The van der Waals surface area contributed by atoms with E-state index in [1.807, 2.05) is 32.0 Å². The van der Waals surface area contributed by atoms with Gasteiger partial charge in [-0.25, -0.2) is 0 Å². The Morgan fingerprint density at radius 3 is 2.38 bits per heavy atom. The minimum Gasteiger partial charge on any atom is -0.378 e. The van der Waals surface area contributed by atoms with Crippen LogP contribution in [0.25, 0.3) is 0 Å². The zero-order chi connectivity index (χ0) is 28.6. The van der Waals surface area contributed by atoms with Gasteiger partial charge in [0.25, 0.3) is 17.3 Å². The number of para-hydroxylation sites is 1. The fourth-order valence-electron chi connectivity index (χ4n) is 5.95. The largest absolute Gasteiger partial charge is 0.378 e. The summed E-state index contributed by atoms with van der Waals surface area (Å²) in [4.78, 5) is 37.6. The third-order valence-electron chi connectivity index (χ3n) is 7.91. The molecule has 0 radical (unpaired) electrons. The van der Waals surface area contributed by atoms with E-state index in [0.29, 0.717) is 30.0 Å². The summed E-state index contributed by atoms with van der Waals surface area (Å²) in [5, 5.41) is 26.0. The lowest BCUT2D eigenvalue weighted by Gasteiger charge is -2.38. The lowest BCUT2D eigenvalue weighted by molar-refractivity contribution is -0.387. The standard InChI is InChI=1S/C29H29ClN4O5S/c1-3-32(4-2)29(35)18-11-14-22-20(15-18)26-21(28(31-22)17-9-12-19(13-10-17)33(36)37)16-25(27(26)30)40-24-8-6-5-7-23(24)34(38)39/h5-15,21,25-28,31H,3-4,16H2,1-2H3/t21-,25+,26-,27+,28+/m1/s1. The van der Waals surface area contributed by atoms with Gasteiger partial charge in [0, 0.05) is 53.7 Å². The van der Waals surface area contributed by atoms with E-state index in [0.717, 1.165) is 16.8 Å². The summed E-state index contributed by atoms with van der Waals surface area (Å²) in [7, 11) is 0. The monoisotopic (exact) mass is 580 g/mol. The van der Waals surface area contributed by atoms with E-state index in [2.05, 4.69) is 5.32 Å². The zero-order valence-electron chi connectivity index (χ0n) is 22.0. The first kappa shape index (κ1) is 27.9. The van der Waals surface area contributed by atoms with Gasteiger partial charge in [0.2, 0.25) is 0 Å². The van der Waals surface area contributed by atoms with Gasteiger partial charge in [0.1, 0.15) is 0 Å². The maximum Gasteiger partial charge on any atom is 0.282 e. The predicted octanol–water partition coefficient (Wildman–Crippen LogP) is 7.02. The molecule has 5 rings (SSSR count). The van der Waals surface area contributed by atoms with E-state index in [1.54, 1.807) is 35.2 Å². The minimum absolute atomic E-state index is 0.00414. The molecule has 1 heterocycles. The van der Waals surface area contributed by atoms with Crippen LogP contribution in [0.3, 0.4) is 0 Å². The van der Waals surface area contributed by atoms with E-state index in [1.165, 1.54) is 30.0 Å². The molecule has 0 aromatic heterocycles. The topological polar surface area (TPSA) is 119 Å². The van der Waals surface area contributed by atoms with Gasteiger partial charge in [-0.1, -0.05) is 24.3 Å². The quantitative estimate of drug-likeness (QED) is 0.173. The Balaban J connectivity index is 1.55. The highest BCUT2D eigenvalue weighted by molar-refractivity contribution is 8.00. The average molecular weight is 581 g/mol. The maximum absolute atomic E-state index is 13.2. The van der Waals surface area contributed by atoms with Gasteiger partial charge in [-0.2, -0.15) is 0 Å². The minimum atomic E-state index is -0.422. The number of anilines is 1. The molecule has 9 nitrogen and oxygen atoms in total. The highest BCUT2D eigenvalue weighted by Crippen LogP contribution is 2.58. The van der Waals surface area contributed by atoms with Crippen molar-refractivity contribution in [2.24, 2.45) is 5.92 Å². The zero-order valence-corrected chi connectivity index (χ0v) is 23.6. The van der Waals surface area contributed by atoms with Crippen molar-refractivity contribution in [1.29, 1.82) is 0 Å². The summed E-state index contributed by atoms with van der Waals surface area (Å²) in [6, 6.07) is 18.7. The second kappa shape index (κ2) is 11.5. The number of carbonyl (C=O) groups is 1. The molecule has 0 bridgehead atoms. The van der Waals surface area contributed by atoms with Crippen LogP contribution in [-0.4, -0.2) is 44.4 Å². The molecule has 3 aromatic carbocycles. The number of non-ortho nitro benzene ring substituents is 1. The molecule has 0 saturated heterocycles. The van der Waals surface area contributed by atoms with Crippen molar-refractivity contribution in [1.82, 2.24) is 4.90 Å². The Kier molecular flexibility index (Phi) is 8.00. The number of amides is 1. The number of halogens is 1. The number of hydrogen-bond acceptors (Lipinski definition) is 7. The summed E-state index contributed by atoms with van der Waals surface area (Å²) >= 11 is 8.64. The van der Waals surface area contributed by atoms with Crippen LogP contribution >= 0.6 is 23.4 Å². The molecule has 5 atom stereocenters. The first-order chi connectivity index (χ1) is 19.2. The molecular weight excluding hydrogens is 552 g/mol. The number of benzene rings is 3. The van der Waals surface area contributed by atoms with Gasteiger partial charge in [-0.05, 0) is 61.6 Å². The number of thioether (sulfide) groups is 1. The van der Waals surface area contributed by atoms with Gasteiger partial charge >= 0.3 is 0 Å². The van der Waals surface area contributed by atoms with Gasteiger partial charge in [-0.15, -0.1) is 23.4 Å². The third kappa shape index (κ3) is 5.13. The first-order valence-corrected chi connectivity index (χ1v) is 14.5. The highest BCUT2D eigenvalue weighted by Gasteiger charge is 2.50. The number of nitrogens with zero attached hydrogens (tertiary/aromatic N) is 3. The van der Waals surface area contributed by atoms with Crippen LogP contribution in [0.5, 0.6) is 0 Å². The molecule has 3 aromatic rings. The molecule has 2 aliphatic rings. The summed E-state index contributed by atoms with van der Waals surface area (Å²) in [5.74, 6) is -0.185. The molecule has 208 valence electrons. The van der Waals surface area contributed by atoms with Crippen molar-refractivity contribution in [3.8, 4) is 0 Å². The molecule has 1 aliphatic heterocycles. The van der Waals surface area contributed by atoms with E-state index >= 15 is 0 Å². The predicted molar refractivity (Wildman–Crippen MR) is 156 cm³/mol. The van der Waals surface area contributed by atoms with Crippen LogP contribution in [0.4, 0.5) is 17.1 Å². The van der Waals surface area contributed by atoms with Crippen LogP contribution in [0.2, 0.25) is 0 Å². The molecule has 1 amide bonds. The van der Waals surface area contributed by atoms with Crippen molar-refractivity contribution >= 4 is 46.3 Å². The lowest BCUT2D eigenvalue weighted by atomic mass is 9.76. The number of alkyl halides is 1. The Morgan fingerprint density at radius 1 is 1.02 bits per heavy atom. The second-order valence-electron chi connectivity index (χ2n) is 10.0. The molecule has 0 spiro atoms. The van der Waals surface area contributed by atoms with Crippen molar-refractivity contribution < 1.29 is 14.6 Å². The van der Waals surface area contributed by atoms with E-state index < -0.39 is 4.92 Å². The molecule has 1 saturated carbocycles. The van der Waals surface area contributed by atoms with Gasteiger partial charge < -0.3 is 10.2 Å². The van der Waals surface area contributed by atoms with E-state index in [-0.39, 0.29) is 50.7 Å². The van der Waals surface area contributed by atoms with Crippen LogP contribution in [-0.2, 0) is 0 Å². The summed E-state index contributed by atoms with van der Waals surface area (Å²) < 4.78 is 0. The van der Waals surface area contributed by atoms with Gasteiger partial charge in [-0.3, -0.25) is 25.0 Å². The number of carbonyl (C=O) groups excluding carboxylic acids is 1.